The van der Waals surface area contributed by atoms with Crippen LogP contribution in [0, 0.1) is 23.7 Å². The van der Waals surface area contributed by atoms with Crippen molar-refractivity contribution in [3.63, 3.8) is 0 Å². The summed E-state index contributed by atoms with van der Waals surface area (Å²) in [6.45, 7) is 2.28. The van der Waals surface area contributed by atoms with Gasteiger partial charge in [0.05, 0.1) is 17.1 Å². The standard InChI is InChI=1S/C26H39Cl2NO2/c1-2-3-4-5-6-7-8-19-9-11-20(12-10-19)21-13-15-22(16-14-21)26(30)31-23-17-24(27)25(28)29-18-23/h17-22H,2-16H2,1H3. The summed E-state index contributed by atoms with van der Waals surface area (Å²) in [7, 11) is 0. The summed E-state index contributed by atoms with van der Waals surface area (Å²) < 4.78 is 5.51. The number of carbonyl (C=O) groups is 1. The maximum atomic E-state index is 12.5. The molecule has 3 nitrogen and oxygen atoms in total. The molecule has 0 radical (unpaired) electrons. The number of halogens is 2. The zero-order valence-corrected chi connectivity index (χ0v) is 20.6. The van der Waals surface area contributed by atoms with E-state index < -0.39 is 0 Å². The van der Waals surface area contributed by atoms with E-state index in [0.717, 1.165) is 43.4 Å². The third-order valence-electron chi connectivity index (χ3n) is 7.62. The van der Waals surface area contributed by atoms with Crippen LogP contribution in [0.2, 0.25) is 10.2 Å². The fourth-order valence-electron chi connectivity index (χ4n) is 5.65. The number of pyridine rings is 1. The van der Waals surface area contributed by atoms with Crippen molar-refractivity contribution in [1.29, 1.82) is 0 Å². The summed E-state index contributed by atoms with van der Waals surface area (Å²) in [4.78, 5) is 16.5. The Morgan fingerprint density at radius 2 is 1.55 bits per heavy atom. The van der Waals surface area contributed by atoms with E-state index in [0.29, 0.717) is 10.8 Å². The largest absolute Gasteiger partial charge is 0.425 e. The molecule has 0 atom stereocenters. The van der Waals surface area contributed by atoms with Crippen LogP contribution < -0.4 is 4.74 Å². The van der Waals surface area contributed by atoms with Gasteiger partial charge in [-0.2, -0.15) is 0 Å². The molecule has 0 unspecified atom stereocenters. The SMILES string of the molecule is CCCCCCCCC1CCC(C2CCC(C(=O)Oc3cnc(Cl)c(Cl)c3)CC2)CC1. The van der Waals surface area contributed by atoms with Gasteiger partial charge >= 0.3 is 5.97 Å². The Balaban J connectivity index is 1.32. The first-order chi connectivity index (χ1) is 15.1. The molecule has 1 aromatic heterocycles. The predicted octanol–water partition coefficient (Wildman–Crippen LogP) is 8.66. The number of nitrogens with zero attached hydrogens (tertiary/aromatic N) is 1. The molecule has 2 fully saturated rings. The molecular formula is C26H39Cl2NO2. The summed E-state index contributed by atoms with van der Waals surface area (Å²) in [5, 5.41) is 0.534. The lowest BCUT2D eigenvalue weighted by Gasteiger charge is -2.37. The Labute approximate surface area is 198 Å². The van der Waals surface area contributed by atoms with Gasteiger partial charge in [-0.1, -0.05) is 87.9 Å². The first-order valence-electron chi connectivity index (χ1n) is 12.6. The van der Waals surface area contributed by atoms with Crippen LogP contribution in [0.3, 0.4) is 0 Å². The molecule has 0 aliphatic heterocycles. The van der Waals surface area contributed by atoms with Crippen LogP contribution in [0.1, 0.15) is 103 Å². The Kier molecular flexibility index (Phi) is 10.4. The third kappa shape index (κ3) is 7.93. The smallest absolute Gasteiger partial charge is 0.314 e. The minimum atomic E-state index is -0.152. The predicted molar refractivity (Wildman–Crippen MR) is 129 cm³/mol. The van der Waals surface area contributed by atoms with Crippen molar-refractivity contribution in [1.82, 2.24) is 4.98 Å². The van der Waals surface area contributed by atoms with E-state index >= 15 is 0 Å². The molecule has 5 heteroatoms. The van der Waals surface area contributed by atoms with E-state index in [1.807, 2.05) is 0 Å². The lowest BCUT2D eigenvalue weighted by atomic mass is 9.68. The summed E-state index contributed by atoms with van der Waals surface area (Å²) in [6.07, 6.45) is 21.2. The highest BCUT2D eigenvalue weighted by molar-refractivity contribution is 6.41. The number of hydrogen-bond acceptors (Lipinski definition) is 3. The van der Waals surface area contributed by atoms with Gasteiger partial charge in [-0.3, -0.25) is 4.79 Å². The van der Waals surface area contributed by atoms with E-state index in [-0.39, 0.29) is 17.0 Å². The minimum Gasteiger partial charge on any atom is -0.425 e. The Morgan fingerprint density at radius 1 is 0.935 bits per heavy atom. The van der Waals surface area contributed by atoms with Gasteiger partial charge in [-0.25, -0.2) is 4.98 Å². The number of ether oxygens (including phenoxy) is 1. The topological polar surface area (TPSA) is 39.2 Å². The Morgan fingerprint density at radius 3 is 2.19 bits per heavy atom. The van der Waals surface area contributed by atoms with E-state index in [1.54, 1.807) is 6.07 Å². The molecule has 2 saturated carbocycles. The maximum absolute atomic E-state index is 12.5. The molecule has 2 aliphatic rings. The number of hydrogen-bond donors (Lipinski definition) is 0. The zero-order valence-electron chi connectivity index (χ0n) is 19.1. The van der Waals surface area contributed by atoms with Crippen LogP contribution in [0.5, 0.6) is 5.75 Å². The summed E-state index contributed by atoms with van der Waals surface area (Å²) in [5.41, 5.74) is 0. The van der Waals surface area contributed by atoms with Gasteiger partial charge in [0.2, 0.25) is 0 Å². The van der Waals surface area contributed by atoms with Gasteiger partial charge in [0, 0.05) is 6.07 Å². The first kappa shape index (κ1) is 24.8. The van der Waals surface area contributed by atoms with Gasteiger partial charge in [-0.15, -0.1) is 0 Å². The highest BCUT2D eigenvalue weighted by Gasteiger charge is 2.33. The molecular weight excluding hydrogens is 429 g/mol. The molecule has 0 aromatic carbocycles. The molecule has 3 rings (SSSR count). The van der Waals surface area contributed by atoms with Crippen molar-refractivity contribution >= 4 is 29.2 Å². The van der Waals surface area contributed by atoms with Crippen LogP contribution in [-0.4, -0.2) is 11.0 Å². The summed E-state index contributed by atoms with van der Waals surface area (Å²) >= 11 is 11.8. The van der Waals surface area contributed by atoms with Crippen LogP contribution in [0.4, 0.5) is 0 Å². The average molecular weight is 469 g/mol. The molecule has 0 saturated heterocycles. The van der Waals surface area contributed by atoms with Crippen LogP contribution in [0.25, 0.3) is 0 Å². The molecule has 0 N–H and O–H groups in total. The number of rotatable bonds is 10. The first-order valence-corrected chi connectivity index (χ1v) is 13.3. The monoisotopic (exact) mass is 467 g/mol. The van der Waals surface area contributed by atoms with Crippen LogP contribution >= 0.6 is 23.2 Å². The molecule has 0 amide bonds. The molecule has 2 aliphatic carbocycles. The van der Waals surface area contributed by atoms with Crippen molar-refractivity contribution in [2.45, 2.75) is 103 Å². The summed E-state index contributed by atoms with van der Waals surface area (Å²) in [6, 6.07) is 1.56. The van der Waals surface area contributed by atoms with E-state index in [9.17, 15) is 4.79 Å². The normalized spacial score (nSPS) is 26.5. The Hall–Kier alpha value is -0.800. The second-order valence-corrected chi connectivity index (χ2v) is 10.6. The highest BCUT2D eigenvalue weighted by Crippen LogP contribution is 2.42. The molecule has 0 bridgehead atoms. The second-order valence-electron chi connectivity index (χ2n) is 9.81. The van der Waals surface area contributed by atoms with Gasteiger partial charge in [0.15, 0.2) is 5.75 Å². The highest BCUT2D eigenvalue weighted by atomic mass is 35.5. The fraction of sp³-hybridized carbons (Fsp3) is 0.769. The molecule has 174 valence electrons. The van der Waals surface area contributed by atoms with Crippen LogP contribution in [0.15, 0.2) is 12.3 Å². The lowest BCUT2D eigenvalue weighted by Crippen LogP contribution is -2.30. The van der Waals surface area contributed by atoms with E-state index in [2.05, 4.69) is 11.9 Å². The zero-order chi connectivity index (χ0) is 22.1. The van der Waals surface area contributed by atoms with Gasteiger partial charge in [0.25, 0.3) is 0 Å². The molecule has 1 aromatic rings. The van der Waals surface area contributed by atoms with Gasteiger partial charge in [0.1, 0.15) is 5.15 Å². The second kappa shape index (κ2) is 13.0. The number of aromatic nitrogens is 1. The van der Waals surface area contributed by atoms with Crippen molar-refractivity contribution in [2.75, 3.05) is 0 Å². The van der Waals surface area contributed by atoms with Crippen molar-refractivity contribution < 1.29 is 9.53 Å². The maximum Gasteiger partial charge on any atom is 0.314 e. The minimum absolute atomic E-state index is 0.00486. The molecule has 0 spiro atoms. The van der Waals surface area contributed by atoms with E-state index in [1.165, 1.54) is 76.8 Å². The quantitative estimate of drug-likeness (QED) is 0.196. The van der Waals surface area contributed by atoms with Crippen LogP contribution in [-0.2, 0) is 4.79 Å². The number of carbonyl (C=O) groups excluding carboxylic acids is 1. The van der Waals surface area contributed by atoms with Crippen molar-refractivity contribution in [3.8, 4) is 5.75 Å². The van der Waals surface area contributed by atoms with E-state index in [4.69, 9.17) is 27.9 Å². The van der Waals surface area contributed by atoms with Gasteiger partial charge in [-0.05, 0) is 56.3 Å². The molecule has 1 heterocycles. The number of unbranched alkanes of at least 4 members (excludes halogenated alkanes) is 5. The lowest BCUT2D eigenvalue weighted by molar-refractivity contribution is -0.140. The fourth-order valence-corrected chi connectivity index (χ4v) is 5.91. The van der Waals surface area contributed by atoms with Gasteiger partial charge < -0.3 is 4.74 Å². The molecule has 31 heavy (non-hydrogen) atoms. The average Bonchev–Trinajstić information content (AvgIpc) is 2.79. The van der Waals surface area contributed by atoms with Crippen molar-refractivity contribution in [2.24, 2.45) is 23.7 Å². The van der Waals surface area contributed by atoms with Crippen molar-refractivity contribution in [3.05, 3.63) is 22.4 Å². The third-order valence-corrected chi connectivity index (χ3v) is 8.30. The summed E-state index contributed by atoms with van der Waals surface area (Å²) in [5.74, 6) is 2.86. The number of esters is 1. The Bertz CT molecular complexity index is 680.